The fourth-order valence-electron chi connectivity index (χ4n) is 2.74. The summed E-state index contributed by atoms with van der Waals surface area (Å²) in [5.74, 6) is -1.91. The molecule has 3 rings (SSSR count). The number of carbonyl (C=O) groups is 2. The van der Waals surface area contributed by atoms with Crippen LogP contribution in [0.25, 0.3) is 0 Å². The number of sulfonamides is 1. The molecular weight excluding hydrogens is 408 g/mol. The Kier molecular flexibility index (Phi) is 5.99. The molecule has 28 heavy (non-hydrogen) atoms. The number of morpholine rings is 1. The van der Waals surface area contributed by atoms with Gasteiger partial charge in [-0.2, -0.15) is 4.31 Å². The minimum absolute atomic E-state index is 0.0474. The molecule has 1 heterocycles. The molecule has 1 amide bonds. The summed E-state index contributed by atoms with van der Waals surface area (Å²) in [7, 11) is -3.81. The molecule has 1 saturated heterocycles. The fourth-order valence-corrected chi connectivity index (χ4v) is 4.38. The first-order valence-corrected chi connectivity index (χ1v) is 10.1. The molecule has 1 aliphatic heterocycles. The van der Waals surface area contributed by atoms with Crippen LogP contribution in [0.15, 0.2) is 47.4 Å². The van der Waals surface area contributed by atoms with E-state index in [2.05, 4.69) is 5.32 Å². The Labute approximate surface area is 166 Å². The van der Waals surface area contributed by atoms with Crippen molar-refractivity contribution in [1.29, 1.82) is 0 Å². The zero-order chi connectivity index (χ0) is 20.3. The average Bonchev–Trinajstić information content (AvgIpc) is 2.69. The van der Waals surface area contributed by atoms with Gasteiger partial charge in [0.25, 0.3) is 5.91 Å². The first-order valence-electron chi connectivity index (χ1n) is 8.32. The standard InChI is InChI=1S/C18H17ClN2O6S/c19-15-6-5-12(28(25,26)21-7-9-27-10-8-21)11-14(15)17(22)20-16-4-2-1-3-13(16)18(23)24/h1-6,11H,7-10H2,(H,20,22)(H,23,24). The number of halogens is 1. The number of carboxylic acid groups (broad SMARTS) is 1. The Morgan fingerprint density at radius 2 is 1.75 bits per heavy atom. The summed E-state index contributed by atoms with van der Waals surface area (Å²) in [5.41, 5.74) is -0.0854. The van der Waals surface area contributed by atoms with Crippen molar-refractivity contribution in [2.24, 2.45) is 0 Å². The number of hydrogen-bond acceptors (Lipinski definition) is 5. The minimum atomic E-state index is -3.81. The van der Waals surface area contributed by atoms with Gasteiger partial charge < -0.3 is 15.2 Å². The molecule has 0 aliphatic carbocycles. The Morgan fingerprint density at radius 1 is 1.07 bits per heavy atom. The molecule has 0 radical (unpaired) electrons. The third-order valence-electron chi connectivity index (χ3n) is 4.20. The van der Waals surface area contributed by atoms with Crippen molar-refractivity contribution in [2.45, 2.75) is 4.90 Å². The first-order chi connectivity index (χ1) is 13.3. The first kappa shape index (κ1) is 20.3. The molecule has 0 saturated carbocycles. The number of amides is 1. The lowest BCUT2D eigenvalue weighted by atomic mass is 10.1. The SMILES string of the molecule is O=C(Nc1ccccc1C(=O)O)c1cc(S(=O)(=O)N2CCOCC2)ccc1Cl. The molecule has 8 nitrogen and oxygen atoms in total. The van der Waals surface area contributed by atoms with Gasteiger partial charge in [-0.1, -0.05) is 23.7 Å². The fraction of sp³-hybridized carbons (Fsp3) is 0.222. The smallest absolute Gasteiger partial charge is 0.337 e. The molecule has 2 aromatic carbocycles. The molecule has 0 unspecified atom stereocenters. The lowest BCUT2D eigenvalue weighted by molar-refractivity contribution is 0.0698. The van der Waals surface area contributed by atoms with Crippen molar-refractivity contribution >= 4 is 39.2 Å². The van der Waals surface area contributed by atoms with Crippen molar-refractivity contribution in [3.8, 4) is 0 Å². The Bertz CT molecular complexity index is 1020. The van der Waals surface area contributed by atoms with E-state index in [1.807, 2.05) is 0 Å². The number of ether oxygens (including phenoxy) is 1. The summed E-state index contributed by atoms with van der Waals surface area (Å²) in [6.07, 6.45) is 0. The van der Waals surface area contributed by atoms with Crippen LogP contribution < -0.4 is 5.32 Å². The van der Waals surface area contributed by atoms with E-state index in [9.17, 15) is 23.1 Å². The number of nitrogens with one attached hydrogen (secondary N) is 1. The van der Waals surface area contributed by atoms with Crippen molar-refractivity contribution in [2.75, 3.05) is 31.6 Å². The van der Waals surface area contributed by atoms with E-state index in [1.165, 1.54) is 40.7 Å². The highest BCUT2D eigenvalue weighted by Crippen LogP contribution is 2.25. The Balaban J connectivity index is 1.91. The number of para-hydroxylation sites is 1. The van der Waals surface area contributed by atoms with E-state index in [4.69, 9.17) is 16.3 Å². The minimum Gasteiger partial charge on any atom is -0.478 e. The van der Waals surface area contributed by atoms with Crippen molar-refractivity contribution in [3.63, 3.8) is 0 Å². The molecule has 0 aromatic heterocycles. The molecule has 1 fully saturated rings. The maximum atomic E-state index is 12.8. The number of carbonyl (C=O) groups excluding carboxylic acids is 1. The topological polar surface area (TPSA) is 113 Å². The number of hydrogen-bond donors (Lipinski definition) is 2. The Hall–Kier alpha value is -2.46. The van der Waals surface area contributed by atoms with Gasteiger partial charge in [0.2, 0.25) is 10.0 Å². The zero-order valence-corrected chi connectivity index (χ0v) is 16.2. The van der Waals surface area contributed by atoms with E-state index in [0.717, 1.165) is 0 Å². The van der Waals surface area contributed by atoms with E-state index in [1.54, 1.807) is 6.07 Å². The van der Waals surface area contributed by atoms with Gasteiger partial charge in [0, 0.05) is 13.1 Å². The molecular formula is C18H17ClN2O6S. The van der Waals surface area contributed by atoms with Gasteiger partial charge in [-0.15, -0.1) is 0 Å². The second-order valence-corrected chi connectivity index (χ2v) is 8.31. The normalized spacial score (nSPS) is 15.2. The predicted octanol–water partition coefficient (Wildman–Crippen LogP) is 2.31. The predicted molar refractivity (Wildman–Crippen MR) is 102 cm³/mol. The second kappa shape index (κ2) is 8.27. The zero-order valence-electron chi connectivity index (χ0n) is 14.6. The van der Waals surface area contributed by atoms with Crippen LogP contribution in [0.2, 0.25) is 5.02 Å². The third-order valence-corrected chi connectivity index (χ3v) is 6.42. The van der Waals surface area contributed by atoms with Crippen LogP contribution >= 0.6 is 11.6 Å². The van der Waals surface area contributed by atoms with Crippen molar-refractivity contribution in [1.82, 2.24) is 4.31 Å². The van der Waals surface area contributed by atoms with Gasteiger partial charge in [-0.25, -0.2) is 13.2 Å². The summed E-state index contributed by atoms with van der Waals surface area (Å²) in [6.45, 7) is 1.04. The van der Waals surface area contributed by atoms with Gasteiger partial charge in [0.15, 0.2) is 0 Å². The summed E-state index contributed by atoms with van der Waals surface area (Å²) in [5, 5.41) is 11.7. The highest BCUT2D eigenvalue weighted by atomic mass is 35.5. The average molecular weight is 425 g/mol. The van der Waals surface area contributed by atoms with E-state index in [-0.39, 0.29) is 39.8 Å². The number of anilines is 1. The second-order valence-electron chi connectivity index (χ2n) is 5.96. The largest absolute Gasteiger partial charge is 0.478 e. The number of carboxylic acids is 1. The van der Waals surface area contributed by atoms with Crippen LogP contribution in [-0.4, -0.2) is 56.0 Å². The highest BCUT2D eigenvalue weighted by molar-refractivity contribution is 7.89. The summed E-state index contributed by atoms with van der Waals surface area (Å²) >= 11 is 6.09. The summed E-state index contributed by atoms with van der Waals surface area (Å²) in [6, 6.07) is 9.72. The molecule has 1 aliphatic rings. The maximum Gasteiger partial charge on any atom is 0.337 e. The molecule has 2 N–H and O–H groups in total. The molecule has 0 atom stereocenters. The summed E-state index contributed by atoms with van der Waals surface area (Å²) in [4.78, 5) is 23.9. The van der Waals surface area contributed by atoms with Crippen LogP contribution in [0.4, 0.5) is 5.69 Å². The monoisotopic (exact) mass is 424 g/mol. The summed E-state index contributed by atoms with van der Waals surface area (Å²) < 4.78 is 32.0. The van der Waals surface area contributed by atoms with E-state index in [0.29, 0.717) is 13.2 Å². The van der Waals surface area contributed by atoms with Gasteiger partial charge in [0.1, 0.15) is 0 Å². The Morgan fingerprint density at radius 3 is 2.43 bits per heavy atom. The van der Waals surface area contributed by atoms with Crippen molar-refractivity contribution < 1.29 is 27.9 Å². The van der Waals surface area contributed by atoms with E-state index < -0.39 is 21.9 Å². The van der Waals surface area contributed by atoms with Gasteiger partial charge in [-0.05, 0) is 30.3 Å². The molecule has 2 aromatic rings. The highest BCUT2D eigenvalue weighted by Gasteiger charge is 2.27. The lowest BCUT2D eigenvalue weighted by Gasteiger charge is -2.26. The van der Waals surface area contributed by atoms with Crippen LogP contribution in [-0.2, 0) is 14.8 Å². The van der Waals surface area contributed by atoms with Crippen LogP contribution in [0.5, 0.6) is 0 Å². The maximum absolute atomic E-state index is 12.8. The molecule has 0 bridgehead atoms. The van der Waals surface area contributed by atoms with Crippen LogP contribution in [0.3, 0.4) is 0 Å². The number of benzene rings is 2. The van der Waals surface area contributed by atoms with Crippen LogP contribution in [0, 0.1) is 0 Å². The molecule has 0 spiro atoms. The van der Waals surface area contributed by atoms with E-state index >= 15 is 0 Å². The quantitative estimate of drug-likeness (QED) is 0.761. The van der Waals surface area contributed by atoms with Gasteiger partial charge in [-0.3, -0.25) is 4.79 Å². The van der Waals surface area contributed by atoms with Crippen molar-refractivity contribution in [3.05, 3.63) is 58.6 Å². The number of aromatic carboxylic acids is 1. The lowest BCUT2D eigenvalue weighted by Crippen LogP contribution is -2.40. The van der Waals surface area contributed by atoms with Crippen LogP contribution in [0.1, 0.15) is 20.7 Å². The third kappa shape index (κ3) is 4.17. The molecule has 148 valence electrons. The number of rotatable bonds is 5. The molecule has 10 heteroatoms. The number of nitrogens with zero attached hydrogens (tertiary/aromatic N) is 1. The van der Waals surface area contributed by atoms with Gasteiger partial charge >= 0.3 is 5.97 Å². The van der Waals surface area contributed by atoms with Gasteiger partial charge in [0.05, 0.1) is 39.9 Å².